The highest BCUT2D eigenvalue weighted by atomic mass is 16.4. The molecule has 0 saturated heterocycles. The fourth-order valence-corrected chi connectivity index (χ4v) is 1.06. The number of carboxylic acids is 1. The van der Waals surface area contributed by atoms with Crippen molar-refractivity contribution in [3.8, 4) is 0 Å². The lowest BCUT2D eigenvalue weighted by Crippen LogP contribution is -2.17. The summed E-state index contributed by atoms with van der Waals surface area (Å²) in [6.45, 7) is -0.339. The fourth-order valence-electron chi connectivity index (χ4n) is 1.06. The Balaban J connectivity index is 2.31. The van der Waals surface area contributed by atoms with E-state index < -0.39 is 18.0 Å². The van der Waals surface area contributed by atoms with Crippen molar-refractivity contribution in [1.29, 1.82) is 0 Å². The van der Waals surface area contributed by atoms with E-state index in [2.05, 4.69) is 0 Å². The molecule has 3 atom stereocenters. The molecule has 0 aromatic carbocycles. The van der Waals surface area contributed by atoms with Crippen LogP contribution in [0.15, 0.2) is 0 Å². The van der Waals surface area contributed by atoms with E-state index in [1.54, 1.807) is 0 Å². The van der Waals surface area contributed by atoms with E-state index in [-0.39, 0.29) is 12.5 Å². The lowest BCUT2D eigenvalue weighted by Gasteiger charge is -2.02. The monoisotopic (exact) mass is 146 g/mol. The van der Waals surface area contributed by atoms with Gasteiger partial charge in [-0.2, -0.15) is 0 Å². The predicted octanol–water partition coefficient (Wildman–Crippen LogP) is -0.940. The van der Waals surface area contributed by atoms with Gasteiger partial charge in [-0.15, -0.1) is 0 Å². The lowest BCUT2D eigenvalue weighted by atomic mass is 10.2. The maximum atomic E-state index is 10.2. The van der Waals surface area contributed by atoms with Crippen molar-refractivity contribution in [1.82, 2.24) is 0 Å². The Bertz CT molecular complexity index is 145. The summed E-state index contributed by atoms with van der Waals surface area (Å²) in [5, 5.41) is 25.7. The molecule has 0 heterocycles. The van der Waals surface area contributed by atoms with Crippen LogP contribution >= 0.6 is 0 Å². The second-order valence-electron chi connectivity index (χ2n) is 2.59. The average molecular weight is 146 g/mol. The van der Waals surface area contributed by atoms with Gasteiger partial charge in [0.15, 0.2) is 0 Å². The van der Waals surface area contributed by atoms with Gasteiger partial charge in [-0.3, -0.25) is 4.79 Å². The quantitative estimate of drug-likeness (QED) is 0.480. The van der Waals surface area contributed by atoms with Crippen LogP contribution in [0.5, 0.6) is 0 Å². The van der Waals surface area contributed by atoms with Crippen LogP contribution in [-0.2, 0) is 4.79 Å². The number of carbonyl (C=O) groups is 1. The first-order valence-corrected chi connectivity index (χ1v) is 3.18. The van der Waals surface area contributed by atoms with Gasteiger partial charge in [0, 0.05) is 5.92 Å². The number of rotatable bonds is 3. The third-order valence-corrected chi connectivity index (χ3v) is 1.84. The van der Waals surface area contributed by atoms with Crippen LogP contribution in [0, 0.1) is 11.8 Å². The van der Waals surface area contributed by atoms with Crippen LogP contribution in [0.25, 0.3) is 0 Å². The summed E-state index contributed by atoms with van der Waals surface area (Å²) >= 11 is 0. The topological polar surface area (TPSA) is 77.8 Å². The highest BCUT2D eigenvalue weighted by Crippen LogP contribution is 2.41. The molecule has 0 spiro atoms. The molecule has 1 aliphatic carbocycles. The van der Waals surface area contributed by atoms with E-state index in [1.165, 1.54) is 0 Å². The highest BCUT2D eigenvalue weighted by Gasteiger charge is 2.47. The van der Waals surface area contributed by atoms with Crippen LogP contribution in [0.1, 0.15) is 6.42 Å². The van der Waals surface area contributed by atoms with Crippen LogP contribution in [0.4, 0.5) is 0 Å². The zero-order valence-corrected chi connectivity index (χ0v) is 5.40. The molecule has 3 N–H and O–H groups in total. The van der Waals surface area contributed by atoms with E-state index in [0.717, 1.165) is 0 Å². The molecule has 10 heavy (non-hydrogen) atoms. The lowest BCUT2D eigenvalue weighted by molar-refractivity contribution is -0.139. The smallest absolute Gasteiger partial charge is 0.306 e. The first-order valence-electron chi connectivity index (χ1n) is 3.18. The molecular weight excluding hydrogens is 136 g/mol. The molecule has 0 radical (unpaired) electrons. The predicted molar refractivity (Wildman–Crippen MR) is 32.3 cm³/mol. The summed E-state index contributed by atoms with van der Waals surface area (Å²) < 4.78 is 0. The van der Waals surface area contributed by atoms with E-state index >= 15 is 0 Å². The molecule has 0 unspecified atom stereocenters. The summed E-state index contributed by atoms with van der Waals surface area (Å²) in [5.41, 5.74) is 0. The van der Waals surface area contributed by atoms with Crippen molar-refractivity contribution < 1.29 is 20.1 Å². The minimum atomic E-state index is -0.877. The Morgan fingerprint density at radius 1 is 1.70 bits per heavy atom. The Morgan fingerprint density at radius 2 is 2.30 bits per heavy atom. The minimum Gasteiger partial charge on any atom is -0.481 e. The molecule has 0 bridgehead atoms. The van der Waals surface area contributed by atoms with Gasteiger partial charge in [-0.25, -0.2) is 0 Å². The third kappa shape index (κ3) is 1.27. The Hall–Kier alpha value is -0.610. The van der Waals surface area contributed by atoms with Gasteiger partial charge < -0.3 is 15.3 Å². The summed E-state index contributed by atoms with van der Waals surface area (Å²) in [7, 11) is 0. The largest absolute Gasteiger partial charge is 0.481 e. The molecule has 1 saturated carbocycles. The van der Waals surface area contributed by atoms with E-state index in [1.807, 2.05) is 0 Å². The zero-order valence-electron chi connectivity index (χ0n) is 5.40. The summed E-state index contributed by atoms with van der Waals surface area (Å²) in [4.78, 5) is 10.2. The van der Waals surface area contributed by atoms with Gasteiger partial charge in [-0.05, 0) is 6.42 Å². The highest BCUT2D eigenvalue weighted by molar-refractivity contribution is 5.73. The van der Waals surface area contributed by atoms with Gasteiger partial charge in [0.1, 0.15) is 0 Å². The Labute approximate surface area is 58.1 Å². The van der Waals surface area contributed by atoms with Crippen molar-refractivity contribution in [2.24, 2.45) is 11.8 Å². The van der Waals surface area contributed by atoms with Crippen LogP contribution in [-0.4, -0.2) is 34.0 Å². The number of aliphatic carboxylic acids is 1. The van der Waals surface area contributed by atoms with Crippen LogP contribution < -0.4 is 0 Å². The van der Waals surface area contributed by atoms with Crippen molar-refractivity contribution in [2.75, 3.05) is 6.61 Å². The number of carboxylic acid groups (broad SMARTS) is 1. The summed E-state index contributed by atoms with van der Waals surface area (Å²) in [6.07, 6.45) is -0.349. The molecule has 4 nitrogen and oxygen atoms in total. The van der Waals surface area contributed by atoms with E-state index in [4.69, 9.17) is 15.3 Å². The maximum Gasteiger partial charge on any atom is 0.306 e. The Kier molecular flexibility index (Phi) is 1.92. The van der Waals surface area contributed by atoms with Crippen LogP contribution in [0.3, 0.4) is 0 Å². The van der Waals surface area contributed by atoms with Crippen molar-refractivity contribution in [3.63, 3.8) is 0 Å². The molecule has 58 valence electrons. The Morgan fingerprint density at radius 3 is 2.60 bits per heavy atom. The van der Waals surface area contributed by atoms with E-state index in [9.17, 15) is 4.79 Å². The summed E-state index contributed by atoms with van der Waals surface area (Å²) in [6, 6.07) is 0. The molecule has 4 heteroatoms. The molecule has 0 amide bonds. The second-order valence-corrected chi connectivity index (χ2v) is 2.59. The minimum absolute atomic E-state index is 0.220. The molecule has 0 aromatic rings. The van der Waals surface area contributed by atoms with Gasteiger partial charge in [-0.1, -0.05) is 0 Å². The summed E-state index contributed by atoms with van der Waals surface area (Å²) in [5.74, 6) is -1.53. The van der Waals surface area contributed by atoms with Crippen molar-refractivity contribution >= 4 is 5.97 Å². The second kappa shape index (κ2) is 2.56. The number of aliphatic hydroxyl groups is 2. The van der Waals surface area contributed by atoms with Gasteiger partial charge >= 0.3 is 5.97 Å². The average Bonchev–Trinajstić information content (AvgIpc) is 2.64. The molecule has 1 fully saturated rings. The zero-order chi connectivity index (χ0) is 7.72. The maximum absolute atomic E-state index is 10.2. The molecule has 1 rings (SSSR count). The number of hydrogen-bond acceptors (Lipinski definition) is 3. The van der Waals surface area contributed by atoms with Gasteiger partial charge in [0.25, 0.3) is 0 Å². The van der Waals surface area contributed by atoms with Gasteiger partial charge in [0.2, 0.25) is 0 Å². The molecule has 0 aliphatic heterocycles. The van der Waals surface area contributed by atoms with Crippen LogP contribution in [0.2, 0.25) is 0 Å². The molecule has 1 aliphatic rings. The first kappa shape index (κ1) is 7.50. The fraction of sp³-hybridized carbons (Fsp3) is 0.833. The number of aliphatic hydroxyl groups excluding tert-OH is 2. The third-order valence-electron chi connectivity index (χ3n) is 1.84. The molecular formula is C6H10O4. The SMILES string of the molecule is O=C(O)[C@H]1C[C@@H]1[C@H](O)CO. The van der Waals surface area contributed by atoms with E-state index in [0.29, 0.717) is 6.42 Å². The molecule has 0 aromatic heterocycles. The van der Waals surface area contributed by atoms with Crippen molar-refractivity contribution in [2.45, 2.75) is 12.5 Å². The first-order chi connectivity index (χ1) is 4.66. The van der Waals surface area contributed by atoms with Crippen molar-refractivity contribution in [3.05, 3.63) is 0 Å². The normalized spacial score (nSPS) is 33.4. The van der Waals surface area contributed by atoms with Gasteiger partial charge in [0.05, 0.1) is 18.6 Å². The number of hydrogen-bond donors (Lipinski definition) is 3. The standard InChI is InChI=1S/C6H10O4/c7-2-5(8)3-1-4(3)6(9)10/h3-5,7-8H,1-2H2,(H,9,10)/t3-,4-,5+/m0/s1.